The number of methoxy groups -OCH3 is 1. The minimum absolute atomic E-state index is 0.236. The molecule has 4 nitrogen and oxygen atoms in total. The summed E-state index contributed by atoms with van der Waals surface area (Å²) < 4.78 is 20.4. The second kappa shape index (κ2) is 10.6. The fourth-order valence-corrected chi connectivity index (χ4v) is 4.82. The topological polar surface area (TPSA) is 41.9 Å². The molecule has 3 aromatic rings. The van der Waals surface area contributed by atoms with Crippen molar-refractivity contribution in [2.24, 2.45) is 4.99 Å². The van der Waals surface area contributed by atoms with Crippen molar-refractivity contribution in [3.8, 4) is 5.75 Å². The SMILES string of the molecule is COc1cccc(N2C(=O)/C(=C\c3ccc(C(C)C)cc3)N=C2SCc2ccc(Br)cc2F)c1. The second-order valence-corrected chi connectivity index (χ2v) is 9.97. The number of aliphatic imine (C=N–C) groups is 1. The van der Waals surface area contributed by atoms with E-state index in [4.69, 9.17) is 4.74 Å². The number of ether oxygens (including phenoxy) is 1. The van der Waals surface area contributed by atoms with Crippen LogP contribution >= 0.6 is 27.7 Å². The van der Waals surface area contributed by atoms with E-state index < -0.39 is 0 Å². The molecular formula is C27H24BrFN2O2S. The number of rotatable bonds is 6. The summed E-state index contributed by atoms with van der Waals surface area (Å²) in [6, 6.07) is 20.3. The standard InChI is InChI=1S/C27H24BrFN2O2S/c1-17(2)19-9-7-18(8-10-19)13-25-26(32)31(22-5-4-6-23(15-22)33-3)27(30-25)34-16-20-11-12-21(28)14-24(20)29/h4-15,17H,16H2,1-3H3/b25-13+. The molecule has 1 amide bonds. The average Bonchev–Trinajstić information content (AvgIpc) is 3.13. The lowest BCUT2D eigenvalue weighted by Crippen LogP contribution is -2.30. The largest absolute Gasteiger partial charge is 0.497 e. The maximum atomic E-state index is 14.4. The van der Waals surface area contributed by atoms with Gasteiger partial charge in [-0.1, -0.05) is 77.9 Å². The lowest BCUT2D eigenvalue weighted by Gasteiger charge is -2.18. The number of anilines is 1. The number of carbonyl (C=O) groups excluding carboxylic acids is 1. The van der Waals surface area contributed by atoms with Crippen LogP contribution in [0.1, 0.15) is 36.5 Å². The monoisotopic (exact) mass is 538 g/mol. The molecule has 4 rings (SSSR count). The molecule has 0 unspecified atom stereocenters. The minimum Gasteiger partial charge on any atom is -0.497 e. The summed E-state index contributed by atoms with van der Waals surface area (Å²) in [7, 11) is 1.58. The van der Waals surface area contributed by atoms with Crippen molar-refractivity contribution in [3.63, 3.8) is 0 Å². The lowest BCUT2D eigenvalue weighted by molar-refractivity contribution is -0.113. The van der Waals surface area contributed by atoms with Gasteiger partial charge in [0.05, 0.1) is 12.8 Å². The molecule has 7 heteroatoms. The lowest BCUT2D eigenvalue weighted by atomic mass is 10.0. The summed E-state index contributed by atoms with van der Waals surface area (Å²) in [4.78, 5) is 19.6. The summed E-state index contributed by atoms with van der Waals surface area (Å²) in [6.07, 6.45) is 1.79. The molecule has 0 aromatic heterocycles. The van der Waals surface area contributed by atoms with Gasteiger partial charge in [-0.2, -0.15) is 0 Å². The molecule has 1 aliphatic heterocycles. The zero-order valence-electron chi connectivity index (χ0n) is 19.1. The van der Waals surface area contributed by atoms with E-state index in [9.17, 15) is 9.18 Å². The Bertz CT molecular complexity index is 1270. The van der Waals surface area contributed by atoms with E-state index in [0.29, 0.717) is 44.0 Å². The molecule has 34 heavy (non-hydrogen) atoms. The number of hydrogen-bond acceptors (Lipinski definition) is 4. The van der Waals surface area contributed by atoms with Crippen LogP contribution in [-0.4, -0.2) is 18.2 Å². The van der Waals surface area contributed by atoms with Crippen molar-refractivity contribution in [2.75, 3.05) is 12.0 Å². The Morgan fingerprint density at radius 2 is 1.88 bits per heavy atom. The molecule has 3 aromatic carbocycles. The predicted octanol–water partition coefficient (Wildman–Crippen LogP) is 7.40. The minimum atomic E-state index is -0.305. The van der Waals surface area contributed by atoms with Crippen molar-refractivity contribution in [1.82, 2.24) is 0 Å². The first-order chi connectivity index (χ1) is 16.4. The third-order valence-corrected chi connectivity index (χ3v) is 6.90. The molecule has 0 radical (unpaired) electrons. The Kier molecular flexibility index (Phi) is 7.54. The maximum Gasteiger partial charge on any atom is 0.283 e. The molecule has 0 aliphatic carbocycles. The molecular weight excluding hydrogens is 515 g/mol. The van der Waals surface area contributed by atoms with Crippen LogP contribution in [0.4, 0.5) is 10.1 Å². The number of hydrogen-bond donors (Lipinski definition) is 0. The van der Waals surface area contributed by atoms with Crippen LogP contribution in [0.5, 0.6) is 5.75 Å². The third kappa shape index (κ3) is 5.42. The third-order valence-electron chi connectivity index (χ3n) is 5.42. The summed E-state index contributed by atoms with van der Waals surface area (Å²) in [5, 5.41) is 0.491. The second-order valence-electron chi connectivity index (χ2n) is 8.11. The van der Waals surface area contributed by atoms with Crippen LogP contribution in [-0.2, 0) is 10.5 Å². The number of halogens is 2. The number of benzene rings is 3. The average molecular weight is 539 g/mol. The number of thioether (sulfide) groups is 1. The molecule has 1 aliphatic rings. The van der Waals surface area contributed by atoms with Crippen molar-refractivity contribution < 1.29 is 13.9 Å². The Hall–Kier alpha value is -2.90. The highest BCUT2D eigenvalue weighted by Crippen LogP contribution is 2.33. The number of amides is 1. The van der Waals surface area contributed by atoms with Gasteiger partial charge in [0.15, 0.2) is 5.17 Å². The van der Waals surface area contributed by atoms with Gasteiger partial charge in [0.2, 0.25) is 0 Å². The van der Waals surface area contributed by atoms with Gasteiger partial charge in [0, 0.05) is 16.3 Å². The summed E-state index contributed by atoms with van der Waals surface area (Å²) in [5.41, 5.74) is 3.64. The van der Waals surface area contributed by atoms with E-state index in [2.05, 4.69) is 46.9 Å². The van der Waals surface area contributed by atoms with Gasteiger partial charge in [0.25, 0.3) is 5.91 Å². The highest BCUT2D eigenvalue weighted by Gasteiger charge is 2.32. The Morgan fingerprint density at radius 3 is 2.56 bits per heavy atom. The smallest absolute Gasteiger partial charge is 0.283 e. The van der Waals surface area contributed by atoms with Gasteiger partial charge in [0.1, 0.15) is 17.3 Å². The van der Waals surface area contributed by atoms with Crippen molar-refractivity contribution in [1.29, 1.82) is 0 Å². The van der Waals surface area contributed by atoms with Crippen LogP contribution < -0.4 is 9.64 Å². The zero-order chi connectivity index (χ0) is 24.2. The molecule has 0 saturated heterocycles. The summed E-state index contributed by atoms with van der Waals surface area (Å²) >= 11 is 4.60. The molecule has 0 bridgehead atoms. The van der Waals surface area contributed by atoms with Gasteiger partial charge >= 0.3 is 0 Å². The van der Waals surface area contributed by atoms with Gasteiger partial charge < -0.3 is 4.74 Å². The molecule has 0 saturated carbocycles. The van der Waals surface area contributed by atoms with E-state index in [-0.39, 0.29) is 11.7 Å². The van der Waals surface area contributed by atoms with Crippen LogP contribution in [0.2, 0.25) is 0 Å². The summed E-state index contributed by atoms with van der Waals surface area (Å²) in [5.74, 6) is 0.858. The predicted molar refractivity (Wildman–Crippen MR) is 142 cm³/mol. The maximum absolute atomic E-state index is 14.4. The van der Waals surface area contributed by atoms with Crippen molar-refractivity contribution >= 4 is 50.5 Å². The fourth-order valence-electron chi connectivity index (χ4n) is 3.49. The Morgan fingerprint density at radius 1 is 1.12 bits per heavy atom. The first kappa shape index (κ1) is 24.2. The van der Waals surface area contributed by atoms with Gasteiger partial charge in [-0.15, -0.1) is 0 Å². The van der Waals surface area contributed by atoms with E-state index >= 15 is 0 Å². The van der Waals surface area contributed by atoms with Gasteiger partial charge in [-0.05, 0) is 52.9 Å². The quantitative estimate of drug-likeness (QED) is 0.307. The van der Waals surface area contributed by atoms with E-state index in [1.165, 1.54) is 23.4 Å². The normalized spacial score (nSPS) is 14.8. The molecule has 1 heterocycles. The first-order valence-corrected chi connectivity index (χ1v) is 12.6. The van der Waals surface area contributed by atoms with Crippen molar-refractivity contribution in [2.45, 2.75) is 25.5 Å². The highest BCUT2D eigenvalue weighted by atomic mass is 79.9. The highest BCUT2D eigenvalue weighted by molar-refractivity contribution is 9.10. The van der Waals surface area contributed by atoms with E-state index in [0.717, 1.165) is 5.56 Å². The zero-order valence-corrected chi connectivity index (χ0v) is 21.5. The molecule has 0 N–H and O–H groups in total. The summed E-state index contributed by atoms with van der Waals surface area (Å²) in [6.45, 7) is 4.28. The van der Waals surface area contributed by atoms with Gasteiger partial charge in [-0.3, -0.25) is 9.69 Å². The van der Waals surface area contributed by atoms with Crippen LogP contribution in [0.25, 0.3) is 6.08 Å². The molecule has 0 atom stereocenters. The molecule has 0 fully saturated rings. The Balaban J connectivity index is 1.67. The van der Waals surface area contributed by atoms with Crippen LogP contribution in [0, 0.1) is 5.82 Å². The number of amidine groups is 1. The number of nitrogens with zero attached hydrogens (tertiary/aromatic N) is 2. The fraction of sp³-hybridized carbons (Fsp3) is 0.185. The first-order valence-electron chi connectivity index (χ1n) is 10.8. The van der Waals surface area contributed by atoms with Gasteiger partial charge in [-0.25, -0.2) is 9.38 Å². The van der Waals surface area contributed by atoms with Crippen molar-refractivity contribution in [3.05, 3.63) is 99.4 Å². The van der Waals surface area contributed by atoms with Crippen LogP contribution in [0.15, 0.2) is 81.9 Å². The van der Waals surface area contributed by atoms with Crippen LogP contribution in [0.3, 0.4) is 0 Å². The molecule has 174 valence electrons. The molecule has 0 spiro atoms. The number of carbonyl (C=O) groups is 1. The van der Waals surface area contributed by atoms with E-state index in [1.807, 2.05) is 30.3 Å². The Labute approximate surface area is 211 Å². The van der Waals surface area contributed by atoms with E-state index in [1.54, 1.807) is 36.3 Å².